The summed E-state index contributed by atoms with van der Waals surface area (Å²) in [5, 5.41) is 17.0. The predicted molar refractivity (Wildman–Crippen MR) is 73.9 cm³/mol. The standard InChI is InChI=1S/C14H14N4O/c1-9-7-15-14-13(10(2)17-18(14)8-9)16-11-3-5-12(19)6-4-11/h3-8,16,19H,1-2H3. The summed E-state index contributed by atoms with van der Waals surface area (Å²) in [4.78, 5) is 4.40. The first-order valence-corrected chi connectivity index (χ1v) is 6.01. The number of phenols is 1. The monoisotopic (exact) mass is 254 g/mol. The highest BCUT2D eigenvalue weighted by molar-refractivity contribution is 5.76. The number of phenolic OH excluding ortho intramolecular Hbond substituents is 1. The van der Waals surface area contributed by atoms with Gasteiger partial charge in [0.05, 0.1) is 5.69 Å². The summed E-state index contributed by atoms with van der Waals surface area (Å²) in [6.45, 7) is 3.92. The number of nitrogens with zero attached hydrogens (tertiary/aromatic N) is 3. The third-order valence-electron chi connectivity index (χ3n) is 2.91. The molecule has 19 heavy (non-hydrogen) atoms. The number of benzene rings is 1. The van der Waals surface area contributed by atoms with Crippen LogP contribution in [0.25, 0.3) is 5.65 Å². The van der Waals surface area contributed by atoms with E-state index in [1.54, 1.807) is 16.6 Å². The third kappa shape index (κ3) is 2.10. The number of aryl methyl sites for hydroxylation is 2. The predicted octanol–water partition coefficient (Wildman–Crippen LogP) is 2.80. The highest BCUT2D eigenvalue weighted by Crippen LogP contribution is 2.25. The first-order valence-electron chi connectivity index (χ1n) is 6.01. The van der Waals surface area contributed by atoms with Gasteiger partial charge in [-0.1, -0.05) is 0 Å². The van der Waals surface area contributed by atoms with Crippen LogP contribution in [0.3, 0.4) is 0 Å². The van der Waals surface area contributed by atoms with Crippen molar-refractivity contribution in [1.82, 2.24) is 14.6 Å². The molecular formula is C14H14N4O. The van der Waals surface area contributed by atoms with Crippen LogP contribution < -0.4 is 5.32 Å². The zero-order chi connectivity index (χ0) is 13.4. The van der Waals surface area contributed by atoms with Gasteiger partial charge in [-0.2, -0.15) is 5.10 Å². The maximum absolute atomic E-state index is 9.28. The molecule has 0 radical (unpaired) electrons. The highest BCUT2D eigenvalue weighted by atomic mass is 16.3. The van der Waals surface area contributed by atoms with Crippen molar-refractivity contribution < 1.29 is 5.11 Å². The molecule has 3 aromatic rings. The Bertz CT molecular complexity index is 731. The average Bonchev–Trinajstić information content (AvgIpc) is 2.68. The first-order chi connectivity index (χ1) is 9.13. The summed E-state index contributed by atoms with van der Waals surface area (Å²) < 4.78 is 1.77. The first kappa shape index (κ1) is 11.5. The van der Waals surface area contributed by atoms with Crippen LogP contribution in [0.5, 0.6) is 5.75 Å². The summed E-state index contributed by atoms with van der Waals surface area (Å²) in [7, 11) is 0. The molecule has 0 saturated heterocycles. The van der Waals surface area contributed by atoms with Gasteiger partial charge in [-0.05, 0) is 43.7 Å². The smallest absolute Gasteiger partial charge is 0.179 e. The van der Waals surface area contributed by atoms with Crippen LogP contribution in [0, 0.1) is 13.8 Å². The average molecular weight is 254 g/mol. The van der Waals surface area contributed by atoms with E-state index in [1.807, 2.05) is 38.4 Å². The summed E-state index contributed by atoms with van der Waals surface area (Å²) in [6.07, 6.45) is 3.76. The highest BCUT2D eigenvalue weighted by Gasteiger charge is 2.10. The Balaban J connectivity index is 2.05. The van der Waals surface area contributed by atoms with Crippen LogP contribution in [-0.4, -0.2) is 19.7 Å². The SMILES string of the molecule is Cc1cnc2c(Nc3ccc(O)cc3)c(C)nn2c1. The number of hydrogen-bond acceptors (Lipinski definition) is 4. The molecule has 3 rings (SSSR count). The van der Waals surface area contributed by atoms with E-state index >= 15 is 0 Å². The van der Waals surface area contributed by atoms with Crippen molar-refractivity contribution in [2.45, 2.75) is 13.8 Å². The van der Waals surface area contributed by atoms with Gasteiger partial charge in [0.25, 0.3) is 0 Å². The minimum atomic E-state index is 0.246. The molecule has 0 aliphatic carbocycles. The molecular weight excluding hydrogens is 240 g/mol. The molecule has 2 heterocycles. The normalized spacial score (nSPS) is 10.8. The molecule has 0 aliphatic rings. The third-order valence-corrected chi connectivity index (χ3v) is 2.91. The Hall–Kier alpha value is -2.56. The Kier molecular flexibility index (Phi) is 2.59. The van der Waals surface area contributed by atoms with Crippen molar-refractivity contribution in [2.24, 2.45) is 0 Å². The molecule has 0 amide bonds. The molecule has 1 aromatic carbocycles. The van der Waals surface area contributed by atoms with Gasteiger partial charge >= 0.3 is 0 Å². The summed E-state index contributed by atoms with van der Waals surface area (Å²) in [5.74, 6) is 0.246. The van der Waals surface area contributed by atoms with Crippen LogP contribution in [0.4, 0.5) is 11.4 Å². The van der Waals surface area contributed by atoms with Gasteiger partial charge in [0.2, 0.25) is 0 Å². The van der Waals surface area contributed by atoms with Crippen LogP contribution in [0.2, 0.25) is 0 Å². The van der Waals surface area contributed by atoms with Crippen molar-refractivity contribution in [3.8, 4) is 5.75 Å². The number of hydrogen-bond donors (Lipinski definition) is 2. The quantitative estimate of drug-likeness (QED) is 0.690. The van der Waals surface area contributed by atoms with E-state index in [4.69, 9.17) is 0 Å². The number of rotatable bonds is 2. The molecule has 0 aliphatic heterocycles. The molecule has 96 valence electrons. The molecule has 0 saturated carbocycles. The van der Waals surface area contributed by atoms with Gasteiger partial charge in [-0.25, -0.2) is 9.50 Å². The van der Waals surface area contributed by atoms with Crippen LogP contribution >= 0.6 is 0 Å². The number of nitrogens with one attached hydrogen (secondary N) is 1. The van der Waals surface area contributed by atoms with Gasteiger partial charge in [-0.3, -0.25) is 0 Å². The van der Waals surface area contributed by atoms with Crippen molar-refractivity contribution in [3.05, 3.63) is 47.9 Å². The second kappa shape index (κ2) is 4.28. The summed E-state index contributed by atoms with van der Waals surface area (Å²) in [6, 6.07) is 6.90. The number of fused-ring (bicyclic) bond motifs is 1. The minimum absolute atomic E-state index is 0.246. The number of aromatic nitrogens is 3. The Morgan fingerprint density at radius 1 is 1.16 bits per heavy atom. The van der Waals surface area contributed by atoms with Crippen LogP contribution in [-0.2, 0) is 0 Å². The molecule has 5 heteroatoms. The largest absolute Gasteiger partial charge is 0.508 e. The molecule has 0 fully saturated rings. The molecule has 5 nitrogen and oxygen atoms in total. The fourth-order valence-corrected chi connectivity index (χ4v) is 1.97. The molecule has 2 aromatic heterocycles. The van der Waals surface area contributed by atoms with Crippen LogP contribution in [0.15, 0.2) is 36.7 Å². The molecule has 0 bridgehead atoms. The topological polar surface area (TPSA) is 62.5 Å². The van der Waals surface area contributed by atoms with Gasteiger partial charge in [0.1, 0.15) is 11.4 Å². The van der Waals surface area contributed by atoms with Gasteiger partial charge in [0, 0.05) is 18.1 Å². The number of anilines is 2. The van der Waals surface area contributed by atoms with E-state index in [2.05, 4.69) is 15.4 Å². The zero-order valence-electron chi connectivity index (χ0n) is 10.8. The summed E-state index contributed by atoms with van der Waals surface area (Å²) >= 11 is 0. The summed E-state index contributed by atoms with van der Waals surface area (Å²) in [5.41, 5.74) is 4.50. The number of aromatic hydroxyl groups is 1. The molecule has 0 atom stereocenters. The van der Waals surface area contributed by atoms with Crippen molar-refractivity contribution >= 4 is 17.0 Å². The fraction of sp³-hybridized carbons (Fsp3) is 0.143. The van der Waals surface area contributed by atoms with E-state index in [0.29, 0.717) is 0 Å². The Morgan fingerprint density at radius 3 is 2.63 bits per heavy atom. The van der Waals surface area contributed by atoms with Crippen molar-refractivity contribution in [1.29, 1.82) is 0 Å². The van der Waals surface area contributed by atoms with Crippen molar-refractivity contribution in [3.63, 3.8) is 0 Å². The van der Waals surface area contributed by atoms with E-state index in [1.165, 1.54) is 0 Å². The maximum atomic E-state index is 9.28. The van der Waals surface area contributed by atoms with E-state index in [0.717, 1.165) is 28.3 Å². The van der Waals surface area contributed by atoms with Crippen LogP contribution in [0.1, 0.15) is 11.3 Å². The van der Waals surface area contributed by atoms with E-state index in [-0.39, 0.29) is 5.75 Å². The van der Waals surface area contributed by atoms with Gasteiger partial charge < -0.3 is 10.4 Å². The van der Waals surface area contributed by atoms with Gasteiger partial charge in [0.15, 0.2) is 5.65 Å². The van der Waals surface area contributed by atoms with Gasteiger partial charge in [-0.15, -0.1) is 0 Å². The minimum Gasteiger partial charge on any atom is -0.508 e. The second-order valence-corrected chi connectivity index (χ2v) is 4.53. The van der Waals surface area contributed by atoms with Crippen molar-refractivity contribution in [2.75, 3.05) is 5.32 Å². The second-order valence-electron chi connectivity index (χ2n) is 4.53. The lowest BCUT2D eigenvalue weighted by Gasteiger charge is -2.05. The lowest BCUT2D eigenvalue weighted by molar-refractivity contribution is 0.475. The molecule has 0 unspecified atom stereocenters. The lowest BCUT2D eigenvalue weighted by atomic mass is 10.3. The maximum Gasteiger partial charge on any atom is 0.179 e. The molecule has 0 spiro atoms. The zero-order valence-corrected chi connectivity index (χ0v) is 10.8. The fourth-order valence-electron chi connectivity index (χ4n) is 1.97. The molecule has 2 N–H and O–H groups in total. The Morgan fingerprint density at radius 2 is 1.89 bits per heavy atom. The van der Waals surface area contributed by atoms with E-state index in [9.17, 15) is 5.11 Å². The Labute approximate surface area is 110 Å². The van der Waals surface area contributed by atoms with E-state index < -0.39 is 0 Å². The lowest BCUT2D eigenvalue weighted by Crippen LogP contribution is -1.94.